The number of aliphatic hydroxyl groups is 1. The van der Waals surface area contributed by atoms with Gasteiger partial charge >= 0.3 is 0 Å². The van der Waals surface area contributed by atoms with Crippen LogP contribution in [0.1, 0.15) is 17.5 Å². The minimum Gasteiger partial charge on any atom is -0.491 e. The number of ether oxygens (including phenoxy) is 1. The summed E-state index contributed by atoms with van der Waals surface area (Å²) in [4.78, 5) is 2.30. The highest BCUT2D eigenvalue weighted by atomic mass is 16.5. The average Bonchev–Trinajstić information content (AvgIpc) is 2.69. The van der Waals surface area contributed by atoms with Crippen molar-refractivity contribution in [3.63, 3.8) is 0 Å². The van der Waals surface area contributed by atoms with Crippen LogP contribution in [0, 0.1) is 13.8 Å². The Morgan fingerprint density at radius 2 is 2.15 bits per heavy atom. The van der Waals surface area contributed by atoms with Crippen LogP contribution in [0.4, 0.5) is 0 Å². The first-order chi connectivity index (χ1) is 9.66. The zero-order chi connectivity index (χ0) is 14.4. The van der Waals surface area contributed by atoms with Gasteiger partial charge in [-0.25, -0.2) is 0 Å². The van der Waals surface area contributed by atoms with Crippen molar-refractivity contribution >= 4 is 0 Å². The van der Waals surface area contributed by atoms with Crippen LogP contribution in [0.5, 0.6) is 5.75 Å². The van der Waals surface area contributed by atoms with Crippen molar-refractivity contribution in [1.29, 1.82) is 0 Å². The van der Waals surface area contributed by atoms with E-state index in [-0.39, 0.29) is 0 Å². The molecule has 2 N–H and O–H groups in total. The zero-order valence-electron chi connectivity index (χ0n) is 12.6. The predicted octanol–water partition coefficient (Wildman–Crippen LogP) is 1.34. The highest BCUT2D eigenvalue weighted by molar-refractivity contribution is 5.38. The van der Waals surface area contributed by atoms with Gasteiger partial charge in [0.15, 0.2) is 0 Å². The molecular formula is C16H26N2O2. The van der Waals surface area contributed by atoms with Gasteiger partial charge in [0.05, 0.1) is 0 Å². The van der Waals surface area contributed by atoms with E-state index in [2.05, 4.69) is 30.1 Å². The number of benzene rings is 1. The van der Waals surface area contributed by atoms with Gasteiger partial charge in [-0.15, -0.1) is 0 Å². The summed E-state index contributed by atoms with van der Waals surface area (Å²) in [6.45, 7) is 9.30. The highest BCUT2D eigenvalue weighted by Gasteiger charge is 2.14. The maximum atomic E-state index is 10.1. The Bertz CT molecular complexity index is 415. The molecule has 4 heteroatoms. The molecule has 1 saturated heterocycles. The van der Waals surface area contributed by atoms with E-state index in [1.807, 2.05) is 12.1 Å². The van der Waals surface area contributed by atoms with Gasteiger partial charge in [0.1, 0.15) is 18.5 Å². The molecule has 20 heavy (non-hydrogen) atoms. The Morgan fingerprint density at radius 3 is 3.00 bits per heavy atom. The van der Waals surface area contributed by atoms with Gasteiger partial charge in [-0.05, 0) is 50.6 Å². The van der Waals surface area contributed by atoms with Crippen molar-refractivity contribution < 1.29 is 9.84 Å². The van der Waals surface area contributed by atoms with Gasteiger partial charge in [-0.2, -0.15) is 0 Å². The van der Waals surface area contributed by atoms with E-state index < -0.39 is 6.10 Å². The molecule has 0 saturated carbocycles. The Morgan fingerprint density at radius 1 is 1.30 bits per heavy atom. The molecule has 0 aliphatic carbocycles. The van der Waals surface area contributed by atoms with Crippen molar-refractivity contribution in [3.8, 4) is 5.75 Å². The summed E-state index contributed by atoms with van der Waals surface area (Å²) in [5.41, 5.74) is 2.37. The third-order valence-corrected chi connectivity index (χ3v) is 3.89. The first kappa shape index (κ1) is 15.3. The first-order valence-electron chi connectivity index (χ1n) is 7.47. The molecule has 0 amide bonds. The highest BCUT2D eigenvalue weighted by Crippen LogP contribution is 2.20. The minimum atomic E-state index is -0.437. The Kier molecular flexibility index (Phi) is 5.83. The van der Waals surface area contributed by atoms with E-state index in [4.69, 9.17) is 4.74 Å². The first-order valence-corrected chi connectivity index (χ1v) is 7.47. The summed E-state index contributed by atoms with van der Waals surface area (Å²) in [6.07, 6.45) is 0.706. The Balaban J connectivity index is 1.79. The second kappa shape index (κ2) is 7.62. The van der Waals surface area contributed by atoms with Crippen LogP contribution in [-0.4, -0.2) is 55.4 Å². The summed E-state index contributed by atoms with van der Waals surface area (Å²) >= 11 is 0. The molecular weight excluding hydrogens is 252 g/mol. The molecule has 1 atom stereocenters. The van der Waals surface area contributed by atoms with E-state index in [9.17, 15) is 5.11 Å². The van der Waals surface area contributed by atoms with E-state index in [0.717, 1.165) is 43.9 Å². The second-order valence-corrected chi connectivity index (χ2v) is 5.57. The summed E-state index contributed by atoms with van der Waals surface area (Å²) in [5, 5.41) is 13.5. The molecule has 1 aromatic rings. The average molecular weight is 278 g/mol. The van der Waals surface area contributed by atoms with Gasteiger partial charge in [0.2, 0.25) is 0 Å². The molecule has 1 heterocycles. The molecule has 1 fully saturated rings. The largest absolute Gasteiger partial charge is 0.491 e. The number of aliphatic hydroxyl groups excluding tert-OH is 1. The van der Waals surface area contributed by atoms with Crippen molar-refractivity contribution in [3.05, 3.63) is 29.3 Å². The lowest BCUT2D eigenvalue weighted by Crippen LogP contribution is -2.37. The Hall–Kier alpha value is -1.10. The fourth-order valence-corrected chi connectivity index (χ4v) is 2.50. The lowest BCUT2D eigenvalue weighted by atomic mass is 10.1. The van der Waals surface area contributed by atoms with Crippen molar-refractivity contribution in [2.24, 2.45) is 0 Å². The van der Waals surface area contributed by atoms with Crippen molar-refractivity contribution in [1.82, 2.24) is 10.2 Å². The van der Waals surface area contributed by atoms with E-state index in [1.165, 1.54) is 5.56 Å². The molecule has 1 aliphatic heterocycles. The van der Waals surface area contributed by atoms with E-state index in [1.54, 1.807) is 0 Å². The smallest absolute Gasteiger partial charge is 0.122 e. The number of aryl methyl sites for hydroxylation is 1. The van der Waals surface area contributed by atoms with E-state index >= 15 is 0 Å². The van der Waals surface area contributed by atoms with Crippen LogP contribution in [0.15, 0.2) is 18.2 Å². The molecule has 4 nitrogen and oxygen atoms in total. The topological polar surface area (TPSA) is 44.7 Å². The number of rotatable bonds is 5. The second-order valence-electron chi connectivity index (χ2n) is 5.57. The quantitative estimate of drug-likeness (QED) is 0.853. The standard InChI is InChI=1S/C16H26N2O2/c1-13-5-3-6-16(14(13)2)20-12-15(19)11-18-9-4-7-17-8-10-18/h3,5-6,15,17,19H,4,7-12H2,1-2H3/t15-/m0/s1. The van der Waals surface area contributed by atoms with Gasteiger partial charge in [-0.3, -0.25) is 4.90 Å². The zero-order valence-corrected chi connectivity index (χ0v) is 12.6. The van der Waals surface area contributed by atoms with Crippen LogP contribution in [0.3, 0.4) is 0 Å². The SMILES string of the molecule is Cc1cccc(OC[C@@H](O)CN2CCCNCC2)c1C. The molecule has 112 valence electrons. The third kappa shape index (κ3) is 4.47. The molecule has 0 unspecified atom stereocenters. The fourth-order valence-electron chi connectivity index (χ4n) is 2.50. The normalized spacial score (nSPS) is 18.6. The number of hydrogen-bond acceptors (Lipinski definition) is 4. The van der Waals surface area contributed by atoms with Crippen LogP contribution >= 0.6 is 0 Å². The van der Waals surface area contributed by atoms with Crippen molar-refractivity contribution in [2.75, 3.05) is 39.3 Å². The van der Waals surface area contributed by atoms with Crippen LogP contribution in [-0.2, 0) is 0 Å². The van der Waals surface area contributed by atoms with Crippen LogP contribution in [0.2, 0.25) is 0 Å². The van der Waals surface area contributed by atoms with Crippen LogP contribution in [0.25, 0.3) is 0 Å². The fraction of sp³-hybridized carbons (Fsp3) is 0.625. The van der Waals surface area contributed by atoms with Crippen molar-refractivity contribution in [2.45, 2.75) is 26.4 Å². The molecule has 2 rings (SSSR count). The number of nitrogens with one attached hydrogen (secondary N) is 1. The lowest BCUT2D eigenvalue weighted by Gasteiger charge is -2.23. The maximum absolute atomic E-state index is 10.1. The summed E-state index contributed by atoms with van der Waals surface area (Å²) in [5.74, 6) is 0.876. The maximum Gasteiger partial charge on any atom is 0.122 e. The summed E-state index contributed by atoms with van der Waals surface area (Å²) in [6, 6.07) is 6.03. The van der Waals surface area contributed by atoms with Gasteiger partial charge in [-0.1, -0.05) is 12.1 Å². The van der Waals surface area contributed by atoms with Gasteiger partial charge in [0, 0.05) is 19.6 Å². The van der Waals surface area contributed by atoms with Crippen LogP contribution < -0.4 is 10.1 Å². The molecule has 0 aromatic heterocycles. The Labute approximate surface area is 121 Å². The third-order valence-electron chi connectivity index (χ3n) is 3.89. The minimum absolute atomic E-state index is 0.355. The molecule has 0 radical (unpaired) electrons. The lowest BCUT2D eigenvalue weighted by molar-refractivity contribution is 0.0701. The van der Waals surface area contributed by atoms with E-state index in [0.29, 0.717) is 13.2 Å². The molecule has 1 aromatic carbocycles. The number of hydrogen-bond donors (Lipinski definition) is 2. The molecule has 1 aliphatic rings. The molecule has 0 bridgehead atoms. The monoisotopic (exact) mass is 278 g/mol. The predicted molar refractivity (Wildman–Crippen MR) is 81.3 cm³/mol. The number of β-amino-alcohol motifs (C(OH)–C–C–N with tert-alkyl or cyclic N) is 1. The number of nitrogens with zero attached hydrogens (tertiary/aromatic N) is 1. The van der Waals surface area contributed by atoms with Gasteiger partial charge in [0.25, 0.3) is 0 Å². The summed E-state index contributed by atoms with van der Waals surface area (Å²) < 4.78 is 5.76. The summed E-state index contributed by atoms with van der Waals surface area (Å²) in [7, 11) is 0. The van der Waals surface area contributed by atoms with Gasteiger partial charge < -0.3 is 15.2 Å². The molecule has 0 spiro atoms.